The lowest BCUT2D eigenvalue weighted by Gasteiger charge is -1.89. The fraction of sp³-hybridized carbons (Fsp3) is 0.571. The zero-order chi connectivity index (χ0) is 7.84. The van der Waals surface area contributed by atoms with Gasteiger partial charge < -0.3 is 10.5 Å². The van der Waals surface area contributed by atoms with Crippen molar-refractivity contribution in [1.82, 2.24) is 5.10 Å². The maximum Gasteiger partial charge on any atom is 0.272 e. The highest BCUT2D eigenvalue weighted by atomic mass is 16.5. The molecule has 1 aromatic heterocycles. The van der Waals surface area contributed by atoms with Crippen LogP contribution in [0.4, 0.5) is 5.69 Å². The molecule has 0 amide bonds. The van der Waals surface area contributed by atoms with E-state index in [0.29, 0.717) is 17.6 Å². The van der Waals surface area contributed by atoms with Crippen molar-refractivity contribution in [3.05, 3.63) is 6.20 Å². The molecular weight excluding hydrogens is 142 g/mol. The van der Waals surface area contributed by atoms with E-state index in [2.05, 4.69) is 5.10 Å². The molecule has 0 aromatic carbocycles. The Morgan fingerprint density at radius 3 is 2.91 bits per heavy atom. The molecule has 0 bridgehead atoms. The third-order valence-electron chi connectivity index (χ3n) is 1.92. The van der Waals surface area contributed by atoms with Crippen LogP contribution in [0.25, 0.3) is 0 Å². The lowest BCUT2D eigenvalue weighted by atomic mass is 10.6. The molecule has 1 heterocycles. The number of anilines is 1. The van der Waals surface area contributed by atoms with E-state index in [9.17, 15) is 0 Å². The van der Waals surface area contributed by atoms with Gasteiger partial charge in [0.2, 0.25) is 6.20 Å². The highest BCUT2D eigenvalue weighted by Gasteiger charge is 2.34. The molecule has 1 saturated carbocycles. The number of hydrogen-bond acceptors (Lipinski definition) is 2. The summed E-state index contributed by atoms with van der Waals surface area (Å²) in [4.78, 5) is 0. The standard InChI is InChI=1S/C7H11N3O/c1-11-7-6(8)4-10(9-7)5-2-3-5/h4-5H,2-3,8H2,1H3/p+1. The Bertz CT molecular complexity index is 265. The topological polar surface area (TPSA) is 54.9 Å². The quantitative estimate of drug-likeness (QED) is 0.599. The highest BCUT2D eigenvalue weighted by molar-refractivity contribution is 5.43. The lowest BCUT2D eigenvalue weighted by Crippen LogP contribution is -2.33. The summed E-state index contributed by atoms with van der Waals surface area (Å²) in [5.74, 6) is 0.664. The van der Waals surface area contributed by atoms with Crippen LogP contribution in [-0.4, -0.2) is 12.2 Å². The van der Waals surface area contributed by atoms with Crippen molar-refractivity contribution >= 4 is 5.69 Å². The molecule has 4 heteroatoms. The van der Waals surface area contributed by atoms with E-state index >= 15 is 0 Å². The monoisotopic (exact) mass is 154 g/mol. The minimum atomic E-state index is 0.626. The number of ether oxygens (including phenoxy) is 1. The molecule has 0 radical (unpaired) electrons. The number of hydrogen-bond donors (Lipinski definition) is 2. The van der Waals surface area contributed by atoms with E-state index in [0.717, 1.165) is 0 Å². The summed E-state index contributed by atoms with van der Waals surface area (Å²) in [6.07, 6.45) is 4.37. The largest absolute Gasteiger partial charge is 0.477 e. The molecule has 1 fully saturated rings. The van der Waals surface area contributed by atoms with E-state index in [1.54, 1.807) is 7.11 Å². The minimum Gasteiger partial charge on any atom is -0.477 e. The summed E-state index contributed by atoms with van der Waals surface area (Å²) in [6.45, 7) is 0. The maximum absolute atomic E-state index is 5.64. The van der Waals surface area contributed by atoms with Crippen molar-refractivity contribution in [2.24, 2.45) is 0 Å². The molecule has 1 aliphatic carbocycles. The van der Waals surface area contributed by atoms with Gasteiger partial charge in [0.05, 0.1) is 7.11 Å². The molecule has 0 aliphatic heterocycles. The molecular formula is C7H12N3O+. The van der Waals surface area contributed by atoms with Gasteiger partial charge in [0.1, 0.15) is 0 Å². The van der Waals surface area contributed by atoms with Gasteiger partial charge in [-0.25, -0.2) is 0 Å². The highest BCUT2D eigenvalue weighted by Crippen LogP contribution is 2.30. The molecule has 0 atom stereocenters. The van der Waals surface area contributed by atoms with Crippen LogP contribution in [0.15, 0.2) is 6.20 Å². The number of aromatic nitrogens is 2. The predicted octanol–water partition coefficient (Wildman–Crippen LogP) is 0.228. The average Bonchev–Trinajstić information content (AvgIpc) is 2.76. The van der Waals surface area contributed by atoms with Crippen molar-refractivity contribution in [3.63, 3.8) is 0 Å². The first-order chi connectivity index (χ1) is 5.31. The zero-order valence-corrected chi connectivity index (χ0v) is 6.50. The van der Waals surface area contributed by atoms with Crippen molar-refractivity contribution in [2.45, 2.75) is 18.9 Å². The molecule has 11 heavy (non-hydrogen) atoms. The van der Waals surface area contributed by atoms with E-state index in [1.807, 2.05) is 10.9 Å². The van der Waals surface area contributed by atoms with Gasteiger partial charge in [-0.05, 0) is 0 Å². The zero-order valence-electron chi connectivity index (χ0n) is 6.50. The van der Waals surface area contributed by atoms with Crippen LogP contribution < -0.4 is 15.2 Å². The average molecular weight is 154 g/mol. The van der Waals surface area contributed by atoms with Crippen LogP contribution in [0.5, 0.6) is 5.88 Å². The van der Waals surface area contributed by atoms with Gasteiger partial charge in [-0.3, -0.25) is 0 Å². The van der Waals surface area contributed by atoms with Gasteiger partial charge in [0.25, 0.3) is 5.88 Å². The smallest absolute Gasteiger partial charge is 0.272 e. The second-order valence-corrected chi connectivity index (χ2v) is 2.87. The van der Waals surface area contributed by atoms with Crippen LogP contribution in [0.2, 0.25) is 0 Å². The van der Waals surface area contributed by atoms with Crippen molar-refractivity contribution in [1.29, 1.82) is 0 Å². The van der Waals surface area contributed by atoms with Crippen LogP contribution in [0.3, 0.4) is 0 Å². The van der Waals surface area contributed by atoms with Crippen LogP contribution in [0, 0.1) is 0 Å². The summed E-state index contributed by atoms with van der Waals surface area (Å²) in [6, 6.07) is 0.626. The summed E-state index contributed by atoms with van der Waals surface area (Å²) in [5, 5.41) is 3.06. The number of rotatable bonds is 2. The maximum atomic E-state index is 5.64. The predicted molar refractivity (Wildman–Crippen MR) is 40.2 cm³/mol. The summed E-state index contributed by atoms with van der Waals surface area (Å²) < 4.78 is 7.01. The third-order valence-corrected chi connectivity index (χ3v) is 1.92. The lowest BCUT2D eigenvalue weighted by molar-refractivity contribution is -0.753. The second kappa shape index (κ2) is 2.15. The van der Waals surface area contributed by atoms with E-state index in [-0.39, 0.29) is 0 Å². The Balaban J connectivity index is 2.28. The molecule has 0 saturated heterocycles. The Labute approximate surface area is 64.9 Å². The van der Waals surface area contributed by atoms with Crippen LogP contribution in [-0.2, 0) is 0 Å². The van der Waals surface area contributed by atoms with Crippen LogP contribution >= 0.6 is 0 Å². The first-order valence-corrected chi connectivity index (χ1v) is 3.75. The number of methoxy groups -OCH3 is 1. The molecule has 1 aliphatic rings. The van der Waals surface area contributed by atoms with Gasteiger partial charge in [0.15, 0.2) is 11.7 Å². The van der Waals surface area contributed by atoms with Crippen molar-refractivity contribution in [2.75, 3.05) is 12.8 Å². The number of nitrogens with one attached hydrogen (secondary N) is 1. The van der Waals surface area contributed by atoms with Crippen LogP contribution in [0.1, 0.15) is 18.9 Å². The van der Waals surface area contributed by atoms with Gasteiger partial charge >= 0.3 is 0 Å². The Kier molecular flexibility index (Phi) is 1.27. The molecule has 3 N–H and O–H groups in total. The number of H-pyrrole nitrogens is 1. The van der Waals surface area contributed by atoms with E-state index in [1.165, 1.54) is 12.8 Å². The molecule has 0 unspecified atom stereocenters. The molecule has 60 valence electrons. The fourth-order valence-electron chi connectivity index (χ4n) is 1.14. The van der Waals surface area contributed by atoms with Gasteiger partial charge in [-0.1, -0.05) is 0 Å². The third kappa shape index (κ3) is 1.04. The van der Waals surface area contributed by atoms with E-state index in [4.69, 9.17) is 10.5 Å². The Morgan fingerprint density at radius 1 is 1.73 bits per heavy atom. The number of aromatic amines is 1. The van der Waals surface area contributed by atoms with Gasteiger partial charge in [0, 0.05) is 12.8 Å². The van der Waals surface area contributed by atoms with Gasteiger partial charge in [-0.2, -0.15) is 0 Å². The first-order valence-electron chi connectivity index (χ1n) is 3.75. The normalized spacial score (nSPS) is 16.8. The molecule has 0 spiro atoms. The summed E-state index contributed by atoms with van der Waals surface area (Å²) in [5.41, 5.74) is 6.32. The minimum absolute atomic E-state index is 0.626. The van der Waals surface area contributed by atoms with E-state index < -0.39 is 0 Å². The van der Waals surface area contributed by atoms with Crippen molar-refractivity contribution < 1.29 is 9.42 Å². The Hall–Kier alpha value is -1.19. The number of nitrogens with zero attached hydrogens (tertiary/aromatic N) is 1. The second-order valence-electron chi connectivity index (χ2n) is 2.87. The SMILES string of the molecule is COc1[nH][n+](C2CC2)cc1N. The number of nitrogens with two attached hydrogens (primary N) is 1. The first kappa shape index (κ1) is 6.52. The summed E-state index contributed by atoms with van der Waals surface area (Å²) >= 11 is 0. The summed E-state index contributed by atoms with van der Waals surface area (Å²) in [7, 11) is 1.61. The molecule has 2 rings (SSSR count). The molecule has 4 nitrogen and oxygen atoms in total. The Morgan fingerprint density at radius 2 is 2.45 bits per heavy atom. The van der Waals surface area contributed by atoms with Gasteiger partial charge in [-0.15, -0.1) is 9.78 Å². The van der Waals surface area contributed by atoms with Crippen molar-refractivity contribution in [3.8, 4) is 5.88 Å². The fourth-order valence-corrected chi connectivity index (χ4v) is 1.14. The molecule has 1 aromatic rings. The number of nitrogen functional groups attached to an aromatic ring is 1.